The Kier molecular flexibility index (Phi) is 5.87. The zero-order chi connectivity index (χ0) is 16.4. The molecule has 1 aromatic heterocycles. The number of halogens is 1. The monoisotopic (exact) mass is 368 g/mol. The van der Waals surface area contributed by atoms with E-state index in [-0.39, 0.29) is 30.0 Å². The molecule has 1 saturated heterocycles. The lowest BCUT2D eigenvalue weighted by Gasteiger charge is -2.22. The van der Waals surface area contributed by atoms with Crippen molar-refractivity contribution in [2.45, 2.75) is 18.9 Å². The van der Waals surface area contributed by atoms with E-state index < -0.39 is 4.92 Å². The normalized spacial score (nSPS) is 16.7. The summed E-state index contributed by atoms with van der Waals surface area (Å²) in [5.74, 6) is -0.0950. The number of aromatic nitrogens is 1. The van der Waals surface area contributed by atoms with E-state index in [1.165, 1.54) is 23.5 Å². The average molecular weight is 369 g/mol. The van der Waals surface area contributed by atoms with Gasteiger partial charge in [-0.2, -0.15) is 0 Å². The predicted molar refractivity (Wildman–Crippen MR) is 94.6 cm³/mol. The highest BCUT2D eigenvalue weighted by Gasteiger charge is 2.29. The second kappa shape index (κ2) is 7.69. The number of hydrogen-bond donors (Lipinski definition) is 1. The van der Waals surface area contributed by atoms with Crippen molar-refractivity contribution in [3.05, 3.63) is 45.5 Å². The Bertz CT molecular complexity index is 735. The van der Waals surface area contributed by atoms with Gasteiger partial charge in [-0.1, -0.05) is 0 Å². The molecule has 1 amide bonds. The smallest absolute Gasteiger partial charge is 0.273 e. The van der Waals surface area contributed by atoms with Crippen LogP contribution in [0.4, 0.5) is 5.69 Å². The minimum atomic E-state index is -0.444. The molecule has 0 aliphatic carbocycles. The number of rotatable bonds is 4. The first-order chi connectivity index (χ1) is 11.1. The van der Waals surface area contributed by atoms with Gasteiger partial charge in [0.25, 0.3) is 11.6 Å². The quantitative estimate of drug-likeness (QED) is 0.660. The van der Waals surface area contributed by atoms with E-state index >= 15 is 0 Å². The molecule has 1 aliphatic rings. The predicted octanol–water partition coefficient (Wildman–Crippen LogP) is 2.70. The van der Waals surface area contributed by atoms with E-state index in [0.717, 1.165) is 18.4 Å². The maximum absolute atomic E-state index is 12.5. The molecule has 0 radical (unpaired) electrons. The molecule has 1 fully saturated rings. The number of non-ortho nitro benzene ring substituents is 1. The van der Waals surface area contributed by atoms with E-state index in [1.807, 2.05) is 0 Å². The van der Waals surface area contributed by atoms with Crippen molar-refractivity contribution in [3.63, 3.8) is 0 Å². The van der Waals surface area contributed by atoms with Crippen LogP contribution in [0.3, 0.4) is 0 Å². The minimum Gasteiger partial charge on any atom is -0.333 e. The molecule has 0 bridgehead atoms. The Hall–Kier alpha value is -2.03. The van der Waals surface area contributed by atoms with Gasteiger partial charge in [0.1, 0.15) is 10.7 Å². The van der Waals surface area contributed by atoms with Crippen molar-refractivity contribution in [1.82, 2.24) is 9.88 Å². The third-order valence-electron chi connectivity index (χ3n) is 3.96. The van der Waals surface area contributed by atoms with Crippen molar-refractivity contribution in [2.75, 3.05) is 13.1 Å². The van der Waals surface area contributed by atoms with Crippen molar-refractivity contribution < 1.29 is 9.72 Å². The topological polar surface area (TPSA) is 102 Å². The maximum Gasteiger partial charge on any atom is 0.273 e. The van der Waals surface area contributed by atoms with Gasteiger partial charge in [-0.15, -0.1) is 23.7 Å². The first-order valence-corrected chi connectivity index (χ1v) is 8.19. The zero-order valence-corrected chi connectivity index (χ0v) is 14.4. The Labute approximate surface area is 149 Å². The molecule has 9 heteroatoms. The van der Waals surface area contributed by atoms with Gasteiger partial charge in [-0.3, -0.25) is 14.9 Å². The zero-order valence-electron chi connectivity index (χ0n) is 12.8. The average Bonchev–Trinajstić information content (AvgIpc) is 3.23. The van der Waals surface area contributed by atoms with Crippen molar-refractivity contribution in [3.8, 4) is 10.6 Å². The molecule has 2 N–H and O–H groups in total. The molecular formula is C15H17ClN4O3S. The minimum absolute atomic E-state index is 0. The highest BCUT2D eigenvalue weighted by Crippen LogP contribution is 2.27. The SMILES string of the molecule is Cl.NCC1CCCN1C(=O)c1csc(-c2ccc([N+](=O)[O-])cc2)n1. The number of nitro groups is 1. The maximum atomic E-state index is 12.5. The largest absolute Gasteiger partial charge is 0.333 e. The summed E-state index contributed by atoms with van der Waals surface area (Å²) in [5, 5.41) is 13.1. The third-order valence-corrected chi connectivity index (χ3v) is 4.85. The molecule has 1 aliphatic heterocycles. The Balaban J connectivity index is 0.00000208. The lowest BCUT2D eigenvalue weighted by Crippen LogP contribution is -2.40. The van der Waals surface area contributed by atoms with Crippen LogP contribution in [-0.4, -0.2) is 39.8 Å². The summed E-state index contributed by atoms with van der Waals surface area (Å²) in [5.41, 5.74) is 6.91. The van der Waals surface area contributed by atoms with E-state index in [4.69, 9.17) is 5.73 Å². The fourth-order valence-corrected chi connectivity index (χ4v) is 3.53. The number of hydrogen-bond acceptors (Lipinski definition) is 6. The summed E-state index contributed by atoms with van der Waals surface area (Å²) in [6.07, 6.45) is 1.90. The molecule has 128 valence electrons. The fraction of sp³-hybridized carbons (Fsp3) is 0.333. The van der Waals surface area contributed by atoms with Gasteiger partial charge in [0.15, 0.2) is 0 Å². The summed E-state index contributed by atoms with van der Waals surface area (Å²) >= 11 is 1.35. The lowest BCUT2D eigenvalue weighted by atomic mass is 10.2. The van der Waals surface area contributed by atoms with Gasteiger partial charge in [-0.05, 0) is 25.0 Å². The molecule has 2 heterocycles. The summed E-state index contributed by atoms with van der Waals surface area (Å²) in [4.78, 5) is 28.9. The highest BCUT2D eigenvalue weighted by molar-refractivity contribution is 7.13. The lowest BCUT2D eigenvalue weighted by molar-refractivity contribution is -0.384. The number of likely N-dealkylation sites (tertiary alicyclic amines) is 1. The molecule has 1 aromatic carbocycles. The third kappa shape index (κ3) is 3.55. The summed E-state index contributed by atoms with van der Waals surface area (Å²) in [7, 11) is 0. The van der Waals surface area contributed by atoms with Gasteiger partial charge in [0.2, 0.25) is 0 Å². The molecule has 24 heavy (non-hydrogen) atoms. The van der Waals surface area contributed by atoms with Gasteiger partial charge >= 0.3 is 0 Å². The summed E-state index contributed by atoms with van der Waals surface area (Å²) in [6.45, 7) is 1.18. The first kappa shape index (κ1) is 18.3. The molecule has 0 saturated carbocycles. The van der Waals surface area contributed by atoms with Crippen LogP contribution in [0.1, 0.15) is 23.3 Å². The number of nitrogens with zero attached hydrogens (tertiary/aromatic N) is 3. The van der Waals surface area contributed by atoms with Crippen molar-refractivity contribution >= 4 is 35.3 Å². The number of amides is 1. The second-order valence-corrected chi connectivity index (χ2v) is 6.23. The second-order valence-electron chi connectivity index (χ2n) is 5.37. The number of nitrogens with two attached hydrogens (primary N) is 1. The van der Waals surface area contributed by atoms with Crippen LogP contribution in [0, 0.1) is 10.1 Å². The van der Waals surface area contributed by atoms with E-state index in [9.17, 15) is 14.9 Å². The number of thiazole rings is 1. The summed E-state index contributed by atoms with van der Waals surface area (Å²) < 4.78 is 0. The van der Waals surface area contributed by atoms with Crippen LogP contribution in [-0.2, 0) is 0 Å². The molecule has 1 atom stereocenters. The number of nitro benzene ring substituents is 1. The van der Waals surface area contributed by atoms with E-state index in [2.05, 4.69) is 4.98 Å². The molecule has 0 spiro atoms. The highest BCUT2D eigenvalue weighted by atomic mass is 35.5. The summed E-state index contributed by atoms with van der Waals surface area (Å²) in [6, 6.07) is 6.24. The van der Waals surface area contributed by atoms with Gasteiger partial charge in [-0.25, -0.2) is 4.98 Å². The van der Waals surface area contributed by atoms with Crippen LogP contribution in [0.15, 0.2) is 29.6 Å². The molecule has 3 rings (SSSR count). The van der Waals surface area contributed by atoms with Crippen LogP contribution in [0.5, 0.6) is 0 Å². The molecule has 1 unspecified atom stereocenters. The number of carbonyl (C=O) groups is 1. The molecular weight excluding hydrogens is 352 g/mol. The van der Waals surface area contributed by atoms with Crippen LogP contribution >= 0.6 is 23.7 Å². The molecule has 2 aromatic rings. The van der Waals surface area contributed by atoms with Crippen LogP contribution < -0.4 is 5.73 Å². The van der Waals surface area contributed by atoms with Crippen LogP contribution in [0.25, 0.3) is 10.6 Å². The number of benzene rings is 1. The van der Waals surface area contributed by atoms with Gasteiger partial charge in [0, 0.05) is 42.2 Å². The van der Waals surface area contributed by atoms with Crippen molar-refractivity contribution in [1.29, 1.82) is 0 Å². The van der Waals surface area contributed by atoms with E-state index in [0.29, 0.717) is 23.8 Å². The Morgan fingerprint density at radius 2 is 2.12 bits per heavy atom. The van der Waals surface area contributed by atoms with Gasteiger partial charge in [0.05, 0.1) is 4.92 Å². The Morgan fingerprint density at radius 1 is 1.42 bits per heavy atom. The van der Waals surface area contributed by atoms with Gasteiger partial charge < -0.3 is 10.6 Å². The number of carbonyl (C=O) groups excluding carboxylic acids is 1. The standard InChI is InChI=1S/C15H16N4O3S.ClH/c16-8-12-2-1-7-18(12)15(20)13-9-23-14(17-13)10-3-5-11(6-4-10)19(21)22;/h3-6,9,12H,1-2,7-8,16H2;1H. The van der Waals surface area contributed by atoms with Crippen molar-refractivity contribution in [2.24, 2.45) is 5.73 Å². The van der Waals surface area contributed by atoms with Crippen LogP contribution in [0.2, 0.25) is 0 Å². The Morgan fingerprint density at radius 3 is 2.75 bits per heavy atom. The molecule has 7 nitrogen and oxygen atoms in total. The van der Waals surface area contributed by atoms with E-state index in [1.54, 1.807) is 22.4 Å². The first-order valence-electron chi connectivity index (χ1n) is 7.31. The fourth-order valence-electron chi connectivity index (χ4n) is 2.73.